The van der Waals surface area contributed by atoms with Crippen molar-refractivity contribution in [2.45, 2.75) is 32.8 Å². The summed E-state index contributed by atoms with van der Waals surface area (Å²) in [6.45, 7) is 5.42. The van der Waals surface area contributed by atoms with Crippen LogP contribution in [0.15, 0.2) is 0 Å². The van der Waals surface area contributed by atoms with Crippen molar-refractivity contribution in [3.63, 3.8) is 0 Å². The molecule has 6 heteroatoms. The molecule has 0 radical (unpaired) electrons. The third-order valence-electron chi connectivity index (χ3n) is 2.35. The predicted molar refractivity (Wildman–Crippen MR) is 58.7 cm³/mol. The Balaban J connectivity index is 4.25. The first-order chi connectivity index (χ1) is 6.69. The van der Waals surface area contributed by atoms with Crippen LogP contribution in [0.2, 0.25) is 0 Å². The summed E-state index contributed by atoms with van der Waals surface area (Å²) in [7, 11) is 0. The summed E-state index contributed by atoms with van der Waals surface area (Å²) >= 11 is 0.378. The number of halogens is 5. The molecule has 0 aromatic carbocycles. The fraction of sp³-hybridized carbons (Fsp3) is 1.00. The van der Waals surface area contributed by atoms with E-state index < -0.39 is 25.4 Å². The Morgan fingerprint density at radius 2 is 1.73 bits per heavy atom. The van der Waals surface area contributed by atoms with Crippen molar-refractivity contribution < 1.29 is 39.5 Å². The molecule has 0 aromatic rings. The zero-order valence-corrected chi connectivity index (χ0v) is 13.2. The molecule has 94 valence electrons. The second-order valence-corrected chi connectivity index (χ2v) is 8.93. The summed E-state index contributed by atoms with van der Waals surface area (Å²) in [6, 6.07) is 0. The average Bonchev–Trinajstić information content (AvgIpc) is 2.11. The van der Waals surface area contributed by atoms with Crippen molar-refractivity contribution >= 4 is 22.6 Å². The third-order valence-corrected chi connectivity index (χ3v) is 7.54. The first-order valence-corrected chi connectivity index (χ1v) is 8.22. The summed E-state index contributed by atoms with van der Waals surface area (Å²) in [4.78, 5) is 0. The second-order valence-electron chi connectivity index (χ2n) is 3.68. The van der Waals surface area contributed by atoms with Crippen LogP contribution >= 0.6 is 22.6 Å². The Morgan fingerprint density at radius 1 is 1.27 bits per heavy atom. The van der Waals surface area contributed by atoms with Gasteiger partial charge in [0.1, 0.15) is 0 Å². The van der Waals surface area contributed by atoms with E-state index in [0.29, 0.717) is 0 Å². The summed E-state index contributed by atoms with van der Waals surface area (Å²) in [5.41, 5.74) is 0. The molecule has 0 amide bonds. The van der Waals surface area contributed by atoms with Gasteiger partial charge < -0.3 is 0 Å². The SMILES string of the molecule is CC(CO)C(I)C(C)C(C)[I-]C(F)(F)F. The molecule has 0 aliphatic rings. The normalized spacial score (nSPS) is 21.1. The maximum absolute atomic E-state index is 12.2. The summed E-state index contributed by atoms with van der Waals surface area (Å²) in [5.74, 6) is 0.0578. The number of hydrogen-bond acceptors (Lipinski definition) is 1. The fourth-order valence-corrected chi connectivity index (χ4v) is 4.94. The van der Waals surface area contributed by atoms with Crippen LogP contribution in [0.1, 0.15) is 20.8 Å². The van der Waals surface area contributed by atoms with E-state index in [-0.39, 0.29) is 26.3 Å². The molecule has 0 heterocycles. The zero-order chi connectivity index (χ0) is 12.2. The van der Waals surface area contributed by atoms with Gasteiger partial charge in [-0.2, -0.15) is 0 Å². The van der Waals surface area contributed by atoms with Gasteiger partial charge in [0, 0.05) is 0 Å². The monoisotopic (exact) mass is 451 g/mol. The standard InChI is InChI=1S/C9H16F3I2O/c1-5(4-15)8(13)6(2)7(3)14-9(10,11)12/h5-8,15H,4H2,1-3H3/q-1. The quantitative estimate of drug-likeness (QED) is 0.463. The van der Waals surface area contributed by atoms with Crippen LogP contribution in [-0.4, -0.2) is 23.7 Å². The number of aliphatic hydroxyl groups is 1. The van der Waals surface area contributed by atoms with E-state index in [4.69, 9.17) is 5.11 Å². The Hall–Kier alpha value is 1.21. The molecule has 0 aliphatic carbocycles. The molecule has 0 aromatic heterocycles. The number of alkyl halides is 6. The van der Waals surface area contributed by atoms with Gasteiger partial charge in [-0.15, -0.1) is 0 Å². The van der Waals surface area contributed by atoms with E-state index in [0.717, 1.165) is 0 Å². The molecule has 0 rings (SSSR count). The van der Waals surface area contributed by atoms with Crippen LogP contribution in [0.4, 0.5) is 13.2 Å². The van der Waals surface area contributed by atoms with E-state index in [1.54, 1.807) is 6.92 Å². The van der Waals surface area contributed by atoms with E-state index in [9.17, 15) is 13.2 Å². The zero-order valence-electron chi connectivity index (χ0n) is 8.85. The Bertz CT molecular complexity index is 187. The van der Waals surface area contributed by atoms with Crippen molar-refractivity contribution in [3.05, 3.63) is 0 Å². The van der Waals surface area contributed by atoms with Crippen LogP contribution in [0.5, 0.6) is 0 Å². The van der Waals surface area contributed by atoms with Crippen LogP contribution in [0, 0.1) is 11.8 Å². The molecule has 0 saturated heterocycles. The first-order valence-electron chi connectivity index (χ1n) is 4.65. The molecule has 0 spiro atoms. The summed E-state index contributed by atoms with van der Waals surface area (Å²) in [5, 5.41) is 8.95. The number of aliphatic hydroxyl groups excluding tert-OH is 1. The van der Waals surface area contributed by atoms with Gasteiger partial charge in [0.25, 0.3) is 0 Å². The van der Waals surface area contributed by atoms with Crippen LogP contribution in [-0.2, 0) is 0 Å². The van der Waals surface area contributed by atoms with Gasteiger partial charge in [-0.05, 0) is 0 Å². The molecule has 0 bridgehead atoms. The molecule has 4 atom stereocenters. The molecule has 4 unspecified atom stereocenters. The molecule has 15 heavy (non-hydrogen) atoms. The van der Waals surface area contributed by atoms with Gasteiger partial charge in [0.05, 0.1) is 0 Å². The van der Waals surface area contributed by atoms with E-state index in [1.807, 2.05) is 13.8 Å². The van der Waals surface area contributed by atoms with Gasteiger partial charge in [0.15, 0.2) is 0 Å². The van der Waals surface area contributed by atoms with Crippen LogP contribution in [0.3, 0.4) is 0 Å². The Morgan fingerprint density at radius 3 is 2.07 bits per heavy atom. The van der Waals surface area contributed by atoms with E-state index in [2.05, 4.69) is 22.6 Å². The first kappa shape index (κ1) is 16.2. The number of hydrogen-bond donors (Lipinski definition) is 1. The summed E-state index contributed by atoms with van der Waals surface area (Å²) in [6.07, 6.45) is 0. The summed E-state index contributed by atoms with van der Waals surface area (Å²) < 4.78 is 32.5. The van der Waals surface area contributed by atoms with Crippen molar-refractivity contribution in [1.82, 2.24) is 0 Å². The number of rotatable bonds is 5. The maximum atomic E-state index is 12.2. The van der Waals surface area contributed by atoms with Crippen LogP contribution < -0.4 is 21.2 Å². The van der Waals surface area contributed by atoms with Gasteiger partial charge in [-0.25, -0.2) is 0 Å². The molecular formula is C9H16F3I2O-. The van der Waals surface area contributed by atoms with Gasteiger partial charge in [0.2, 0.25) is 0 Å². The van der Waals surface area contributed by atoms with Crippen molar-refractivity contribution in [3.8, 4) is 0 Å². The van der Waals surface area contributed by atoms with Gasteiger partial charge in [-0.3, -0.25) is 0 Å². The fourth-order valence-electron chi connectivity index (χ4n) is 1.17. The third kappa shape index (κ3) is 6.50. The molecule has 0 saturated carbocycles. The van der Waals surface area contributed by atoms with Gasteiger partial charge >= 0.3 is 113 Å². The average molecular weight is 451 g/mol. The predicted octanol–water partition coefficient (Wildman–Crippen LogP) is 0.0518. The minimum atomic E-state index is -3.98. The topological polar surface area (TPSA) is 20.2 Å². The molecule has 1 nitrogen and oxygen atoms in total. The Labute approximate surface area is 113 Å². The molecular weight excluding hydrogens is 435 g/mol. The van der Waals surface area contributed by atoms with Crippen LogP contribution in [0.25, 0.3) is 0 Å². The van der Waals surface area contributed by atoms with Gasteiger partial charge in [-0.1, -0.05) is 0 Å². The Kier molecular flexibility index (Phi) is 7.38. The van der Waals surface area contributed by atoms with Crippen molar-refractivity contribution in [2.24, 2.45) is 11.8 Å². The minimum absolute atomic E-state index is 0.00201. The van der Waals surface area contributed by atoms with E-state index >= 15 is 0 Å². The van der Waals surface area contributed by atoms with E-state index in [1.165, 1.54) is 0 Å². The molecule has 0 fully saturated rings. The van der Waals surface area contributed by atoms with Crippen molar-refractivity contribution in [2.75, 3.05) is 6.61 Å². The molecule has 1 N–H and O–H groups in total. The molecule has 0 aliphatic heterocycles. The van der Waals surface area contributed by atoms with Crippen molar-refractivity contribution in [1.29, 1.82) is 0 Å². The second kappa shape index (κ2) is 6.83.